The van der Waals surface area contributed by atoms with Crippen LogP contribution in [0.2, 0.25) is 0 Å². The molecule has 0 saturated heterocycles. The van der Waals surface area contributed by atoms with Crippen molar-refractivity contribution in [3.8, 4) is 5.75 Å². The smallest absolute Gasteiger partial charge is 0.264 e. The van der Waals surface area contributed by atoms with Crippen LogP contribution in [0.4, 0.5) is 5.69 Å². The maximum atomic E-state index is 14.5. The van der Waals surface area contributed by atoms with Crippen molar-refractivity contribution >= 4 is 43.5 Å². The molecule has 1 atom stereocenters. The maximum absolute atomic E-state index is 14.5. The second kappa shape index (κ2) is 15.7. The van der Waals surface area contributed by atoms with Crippen LogP contribution in [0.5, 0.6) is 5.75 Å². The number of amides is 2. The van der Waals surface area contributed by atoms with Crippen molar-refractivity contribution in [1.29, 1.82) is 0 Å². The van der Waals surface area contributed by atoms with Crippen molar-refractivity contribution in [1.82, 2.24) is 10.2 Å². The molecule has 0 radical (unpaired) electrons. The highest BCUT2D eigenvalue weighted by molar-refractivity contribution is 9.10. The van der Waals surface area contributed by atoms with Crippen molar-refractivity contribution in [2.75, 3.05) is 24.5 Å². The van der Waals surface area contributed by atoms with E-state index in [0.717, 1.165) is 19.9 Å². The van der Waals surface area contributed by atoms with Crippen LogP contribution in [0.3, 0.4) is 0 Å². The lowest BCUT2D eigenvalue weighted by molar-refractivity contribution is -0.140. The van der Waals surface area contributed by atoms with Gasteiger partial charge in [-0.2, -0.15) is 0 Å². The van der Waals surface area contributed by atoms with E-state index in [9.17, 15) is 18.0 Å². The van der Waals surface area contributed by atoms with Crippen molar-refractivity contribution in [2.24, 2.45) is 5.92 Å². The van der Waals surface area contributed by atoms with E-state index < -0.39 is 28.5 Å². The zero-order chi connectivity index (χ0) is 32.4. The minimum atomic E-state index is -4.19. The van der Waals surface area contributed by atoms with E-state index in [1.54, 1.807) is 42.5 Å². The van der Waals surface area contributed by atoms with Crippen LogP contribution in [-0.2, 0) is 32.6 Å². The van der Waals surface area contributed by atoms with Crippen LogP contribution in [-0.4, -0.2) is 51.4 Å². The Balaban J connectivity index is 1.77. The largest absolute Gasteiger partial charge is 0.497 e. The number of anilines is 1. The number of hydrogen-bond donors (Lipinski definition) is 1. The van der Waals surface area contributed by atoms with Crippen LogP contribution in [0.1, 0.15) is 25.0 Å². The number of para-hydroxylation sites is 1. The molecule has 1 N–H and O–H groups in total. The number of halogens is 1. The zero-order valence-electron chi connectivity index (χ0n) is 25.6. The van der Waals surface area contributed by atoms with Gasteiger partial charge in [0.25, 0.3) is 10.0 Å². The Bertz CT molecular complexity index is 1650. The summed E-state index contributed by atoms with van der Waals surface area (Å²) in [4.78, 5) is 29.8. The molecular formula is C35H38BrN3O5S. The minimum Gasteiger partial charge on any atom is -0.497 e. The lowest BCUT2D eigenvalue weighted by Gasteiger charge is -2.34. The fourth-order valence-electron chi connectivity index (χ4n) is 4.76. The maximum Gasteiger partial charge on any atom is 0.264 e. The highest BCUT2D eigenvalue weighted by Crippen LogP contribution is 2.26. The summed E-state index contributed by atoms with van der Waals surface area (Å²) in [5.41, 5.74) is 2.00. The molecule has 236 valence electrons. The number of nitrogens with zero attached hydrogens (tertiary/aromatic N) is 2. The lowest BCUT2D eigenvalue weighted by atomic mass is 10.0. The van der Waals surface area contributed by atoms with E-state index in [1.807, 2.05) is 68.4 Å². The molecule has 45 heavy (non-hydrogen) atoms. The van der Waals surface area contributed by atoms with Gasteiger partial charge in [-0.1, -0.05) is 90.4 Å². The molecule has 10 heteroatoms. The first kappa shape index (κ1) is 33.7. The fourth-order valence-corrected chi connectivity index (χ4v) is 6.44. The van der Waals surface area contributed by atoms with E-state index in [-0.39, 0.29) is 29.7 Å². The Hall–Kier alpha value is -4.15. The summed E-state index contributed by atoms with van der Waals surface area (Å²) in [6.07, 6.45) is 0.254. The van der Waals surface area contributed by atoms with E-state index in [0.29, 0.717) is 18.0 Å². The number of ether oxygens (including phenoxy) is 1. The zero-order valence-corrected chi connectivity index (χ0v) is 28.0. The average Bonchev–Trinajstić information content (AvgIpc) is 3.05. The Labute approximate surface area is 274 Å². The molecule has 0 heterocycles. The summed E-state index contributed by atoms with van der Waals surface area (Å²) in [6, 6.07) is 30.6. The molecule has 0 aliphatic heterocycles. The lowest BCUT2D eigenvalue weighted by Crippen LogP contribution is -2.53. The van der Waals surface area contributed by atoms with Gasteiger partial charge in [0, 0.05) is 24.0 Å². The topological polar surface area (TPSA) is 96.0 Å². The van der Waals surface area contributed by atoms with Crippen molar-refractivity contribution in [3.63, 3.8) is 0 Å². The molecule has 0 aromatic heterocycles. The third-order valence-electron chi connectivity index (χ3n) is 7.19. The van der Waals surface area contributed by atoms with Gasteiger partial charge in [0.15, 0.2) is 0 Å². The summed E-state index contributed by atoms with van der Waals surface area (Å²) in [6.45, 7) is 4.02. The number of sulfonamides is 1. The summed E-state index contributed by atoms with van der Waals surface area (Å²) in [5.74, 6) is -0.111. The molecule has 4 aromatic rings. The Kier molecular flexibility index (Phi) is 11.8. The number of carbonyl (C=O) groups excluding carboxylic acids is 2. The van der Waals surface area contributed by atoms with Crippen LogP contribution in [0, 0.1) is 5.92 Å². The van der Waals surface area contributed by atoms with E-state index >= 15 is 0 Å². The molecule has 2 amide bonds. The molecule has 0 fully saturated rings. The second-order valence-corrected chi connectivity index (χ2v) is 13.8. The molecule has 0 aliphatic rings. The fraction of sp³-hybridized carbons (Fsp3) is 0.257. The third-order valence-corrected chi connectivity index (χ3v) is 9.51. The predicted octanol–water partition coefficient (Wildman–Crippen LogP) is 6.07. The first-order valence-electron chi connectivity index (χ1n) is 14.7. The number of rotatable bonds is 14. The first-order valence-corrected chi connectivity index (χ1v) is 16.9. The predicted molar refractivity (Wildman–Crippen MR) is 180 cm³/mol. The van der Waals surface area contributed by atoms with Gasteiger partial charge >= 0.3 is 0 Å². The van der Waals surface area contributed by atoms with Gasteiger partial charge < -0.3 is 15.0 Å². The molecule has 0 spiro atoms. The number of benzene rings is 4. The Morgan fingerprint density at radius 3 is 2.00 bits per heavy atom. The van der Waals surface area contributed by atoms with Crippen LogP contribution in [0.15, 0.2) is 119 Å². The Morgan fingerprint density at radius 2 is 1.42 bits per heavy atom. The van der Waals surface area contributed by atoms with Crippen molar-refractivity contribution in [3.05, 3.63) is 125 Å². The van der Waals surface area contributed by atoms with Crippen molar-refractivity contribution < 1.29 is 22.7 Å². The van der Waals surface area contributed by atoms with Crippen molar-refractivity contribution in [2.45, 2.75) is 37.8 Å². The van der Waals surface area contributed by atoms with E-state index in [2.05, 4.69) is 21.2 Å². The van der Waals surface area contributed by atoms with Crippen LogP contribution >= 0.6 is 15.9 Å². The van der Waals surface area contributed by atoms with Gasteiger partial charge in [-0.15, -0.1) is 0 Å². The van der Waals surface area contributed by atoms with Gasteiger partial charge in [0.05, 0.1) is 17.7 Å². The molecule has 0 unspecified atom stereocenters. The Morgan fingerprint density at radius 1 is 0.822 bits per heavy atom. The quantitative estimate of drug-likeness (QED) is 0.173. The van der Waals surface area contributed by atoms with Gasteiger partial charge in [-0.25, -0.2) is 8.42 Å². The average molecular weight is 693 g/mol. The van der Waals surface area contributed by atoms with Gasteiger partial charge in [0.2, 0.25) is 11.8 Å². The molecule has 0 aliphatic carbocycles. The normalized spacial score (nSPS) is 11.9. The molecule has 8 nitrogen and oxygen atoms in total. The summed E-state index contributed by atoms with van der Waals surface area (Å²) >= 11 is 3.46. The number of methoxy groups -OCH3 is 1. The van der Waals surface area contributed by atoms with Crippen LogP contribution in [0.25, 0.3) is 0 Å². The van der Waals surface area contributed by atoms with Crippen LogP contribution < -0.4 is 14.4 Å². The molecular weight excluding hydrogens is 654 g/mol. The number of hydrogen-bond acceptors (Lipinski definition) is 5. The van der Waals surface area contributed by atoms with E-state index in [4.69, 9.17) is 4.74 Å². The standard InChI is InChI=1S/C35H38BrN3O5S/c1-26(2)23-37-35(41)33(22-27-10-6-4-7-11-27)38(24-28-14-16-29(36)17-15-28)34(40)25-39(30-12-8-5-9-13-30)45(42,43)32-20-18-31(44-3)19-21-32/h4-21,26,33H,22-25H2,1-3H3,(H,37,41)/t33-/m1/s1. The molecule has 4 aromatic carbocycles. The summed E-state index contributed by atoms with van der Waals surface area (Å²) in [5, 5.41) is 3.00. The molecule has 4 rings (SSSR count). The van der Waals surface area contributed by atoms with Gasteiger partial charge in [-0.3, -0.25) is 13.9 Å². The highest BCUT2D eigenvalue weighted by Gasteiger charge is 2.34. The summed E-state index contributed by atoms with van der Waals surface area (Å²) in [7, 11) is -2.69. The van der Waals surface area contributed by atoms with E-state index in [1.165, 1.54) is 24.1 Å². The molecule has 0 saturated carbocycles. The minimum absolute atomic E-state index is 0.00919. The SMILES string of the molecule is COc1ccc(S(=O)(=O)N(CC(=O)N(Cc2ccc(Br)cc2)[C@H](Cc2ccccc2)C(=O)NCC(C)C)c2ccccc2)cc1. The molecule has 0 bridgehead atoms. The number of carbonyl (C=O) groups is 2. The monoisotopic (exact) mass is 691 g/mol. The third kappa shape index (κ3) is 9.18. The van der Waals surface area contributed by atoms with Gasteiger partial charge in [0.1, 0.15) is 18.3 Å². The first-order chi connectivity index (χ1) is 21.6. The highest BCUT2D eigenvalue weighted by atomic mass is 79.9. The number of nitrogens with one attached hydrogen (secondary N) is 1. The summed E-state index contributed by atoms with van der Waals surface area (Å²) < 4.78 is 35.4. The van der Waals surface area contributed by atoms with Gasteiger partial charge in [-0.05, 0) is 65.6 Å². The second-order valence-electron chi connectivity index (χ2n) is 11.0.